The lowest BCUT2D eigenvalue weighted by molar-refractivity contribution is -0.188. The van der Waals surface area contributed by atoms with Crippen LogP contribution >= 0.6 is 0 Å². The molecule has 0 saturated carbocycles. The van der Waals surface area contributed by atoms with Gasteiger partial charge in [-0.15, -0.1) is 0 Å². The van der Waals surface area contributed by atoms with Crippen LogP contribution in [0.4, 0.5) is 26.3 Å². The average Bonchev–Trinajstić information content (AvgIpc) is 1.60. The van der Waals surface area contributed by atoms with E-state index >= 15 is 0 Å². The number of hydrogen-bond acceptors (Lipinski definition) is 0. The van der Waals surface area contributed by atoms with Crippen molar-refractivity contribution >= 4 is 0 Å². The molecule has 0 aromatic carbocycles. The zero-order valence-electron chi connectivity index (χ0n) is 4.63. The lowest BCUT2D eigenvalue weighted by atomic mass is 10.3. The van der Waals surface area contributed by atoms with Crippen LogP contribution in [0.15, 0.2) is 0 Å². The Balaban J connectivity index is 3.73. The molecule has 0 aromatic rings. The summed E-state index contributed by atoms with van der Waals surface area (Å²) >= 11 is 0. The van der Waals surface area contributed by atoms with E-state index in [-0.39, 0.29) is 0 Å². The maximum atomic E-state index is 11.6. The monoisotopic (exact) mass is 166 g/mol. The van der Waals surface area contributed by atoms with Gasteiger partial charge in [-0.2, -0.15) is 13.2 Å². The Morgan fingerprint density at radius 3 is 1.50 bits per heavy atom. The second kappa shape index (κ2) is 3.12. The lowest BCUT2D eigenvalue weighted by Crippen LogP contribution is -2.26. The molecule has 0 radical (unpaired) electrons. The van der Waals surface area contributed by atoms with Gasteiger partial charge in [0.1, 0.15) is 0 Å². The fraction of sp³-hybridized carbons (Fsp3) is 1.00. The van der Waals surface area contributed by atoms with Gasteiger partial charge >= 0.3 is 6.18 Å². The second-order valence-electron chi connectivity index (χ2n) is 1.64. The Morgan fingerprint density at radius 1 is 1.00 bits per heavy atom. The zero-order valence-corrected chi connectivity index (χ0v) is 4.63. The topological polar surface area (TPSA) is 0 Å². The molecule has 0 spiro atoms. The van der Waals surface area contributed by atoms with E-state index in [9.17, 15) is 26.3 Å². The van der Waals surface area contributed by atoms with E-state index in [0.717, 1.165) is 0 Å². The standard InChI is InChI=1S/C4H4F6/c5-2(1-3(6)7)4(8,9)10/h2-3H,1H2. The van der Waals surface area contributed by atoms with Crippen LogP contribution in [-0.2, 0) is 0 Å². The van der Waals surface area contributed by atoms with Gasteiger partial charge in [-0.1, -0.05) is 0 Å². The summed E-state index contributed by atoms with van der Waals surface area (Å²) in [4.78, 5) is 0. The van der Waals surface area contributed by atoms with Crippen molar-refractivity contribution in [2.75, 3.05) is 0 Å². The van der Waals surface area contributed by atoms with Crippen molar-refractivity contribution in [3.63, 3.8) is 0 Å². The number of hydrogen-bond donors (Lipinski definition) is 0. The van der Waals surface area contributed by atoms with E-state index in [1.165, 1.54) is 0 Å². The molecule has 0 amide bonds. The van der Waals surface area contributed by atoms with Gasteiger partial charge in [0.2, 0.25) is 12.6 Å². The molecule has 0 aliphatic heterocycles. The van der Waals surface area contributed by atoms with Gasteiger partial charge in [0.05, 0.1) is 0 Å². The molecule has 0 aliphatic carbocycles. The zero-order chi connectivity index (χ0) is 8.36. The Bertz CT molecular complexity index is 94.4. The number of alkyl halides is 6. The SMILES string of the molecule is FC(F)CC(F)C(F)(F)F. The quantitative estimate of drug-likeness (QED) is 0.553. The highest BCUT2D eigenvalue weighted by molar-refractivity contribution is 4.66. The minimum Gasteiger partial charge on any atom is -0.237 e. The fourth-order valence-electron chi connectivity index (χ4n) is 0.290. The number of halogens is 6. The minimum atomic E-state index is -5.16. The van der Waals surface area contributed by atoms with Crippen LogP contribution in [0, 0.1) is 0 Å². The predicted octanol–water partition coefficient (Wildman–Crippen LogP) is 2.54. The minimum absolute atomic E-state index is 1.77. The molecule has 0 aliphatic rings. The van der Waals surface area contributed by atoms with Crippen molar-refractivity contribution in [1.29, 1.82) is 0 Å². The van der Waals surface area contributed by atoms with Crippen LogP contribution in [0.3, 0.4) is 0 Å². The van der Waals surface area contributed by atoms with E-state index in [1.807, 2.05) is 0 Å². The Morgan fingerprint density at radius 2 is 1.40 bits per heavy atom. The van der Waals surface area contributed by atoms with Gasteiger partial charge < -0.3 is 0 Å². The number of rotatable bonds is 2. The highest BCUT2D eigenvalue weighted by Gasteiger charge is 2.41. The molecule has 6 heteroatoms. The van der Waals surface area contributed by atoms with E-state index in [1.54, 1.807) is 0 Å². The smallest absolute Gasteiger partial charge is 0.237 e. The summed E-state index contributed by atoms with van der Waals surface area (Å²) in [5, 5.41) is 0. The molecule has 1 unspecified atom stereocenters. The van der Waals surface area contributed by atoms with E-state index in [0.29, 0.717) is 0 Å². The van der Waals surface area contributed by atoms with Crippen molar-refractivity contribution in [2.24, 2.45) is 0 Å². The van der Waals surface area contributed by atoms with E-state index < -0.39 is 25.2 Å². The molecular formula is C4H4F6. The maximum Gasteiger partial charge on any atom is 0.419 e. The lowest BCUT2D eigenvalue weighted by Gasteiger charge is -2.10. The molecule has 0 saturated heterocycles. The van der Waals surface area contributed by atoms with E-state index in [2.05, 4.69) is 0 Å². The van der Waals surface area contributed by atoms with Crippen molar-refractivity contribution in [3.8, 4) is 0 Å². The normalized spacial score (nSPS) is 15.9. The third-order valence-corrected chi connectivity index (χ3v) is 0.740. The van der Waals surface area contributed by atoms with Gasteiger partial charge in [-0.05, 0) is 0 Å². The summed E-state index contributed by atoms with van der Waals surface area (Å²) in [6.45, 7) is 0. The molecular weight excluding hydrogens is 162 g/mol. The second-order valence-corrected chi connectivity index (χ2v) is 1.64. The van der Waals surface area contributed by atoms with Crippen LogP contribution in [0.1, 0.15) is 6.42 Å². The third-order valence-electron chi connectivity index (χ3n) is 0.740. The molecule has 0 heterocycles. The predicted molar refractivity (Wildman–Crippen MR) is 21.6 cm³/mol. The molecule has 0 rings (SSSR count). The van der Waals surface area contributed by atoms with Crippen molar-refractivity contribution < 1.29 is 26.3 Å². The molecule has 10 heavy (non-hydrogen) atoms. The van der Waals surface area contributed by atoms with Crippen LogP contribution < -0.4 is 0 Å². The van der Waals surface area contributed by atoms with Crippen LogP contribution in [0.2, 0.25) is 0 Å². The Labute approximate surface area is 52.8 Å². The van der Waals surface area contributed by atoms with Crippen LogP contribution in [-0.4, -0.2) is 18.8 Å². The van der Waals surface area contributed by atoms with E-state index in [4.69, 9.17) is 0 Å². The highest BCUT2D eigenvalue weighted by atomic mass is 19.4. The largest absolute Gasteiger partial charge is 0.419 e. The first-order valence-corrected chi connectivity index (χ1v) is 2.33. The molecule has 0 fully saturated rings. The average molecular weight is 166 g/mol. The van der Waals surface area contributed by atoms with Gasteiger partial charge in [-0.25, -0.2) is 13.2 Å². The summed E-state index contributed by atoms with van der Waals surface area (Å²) in [6, 6.07) is 0. The summed E-state index contributed by atoms with van der Waals surface area (Å²) in [6.07, 6.45) is -13.6. The first-order chi connectivity index (χ1) is 4.34. The van der Waals surface area contributed by atoms with Crippen molar-refractivity contribution in [2.45, 2.75) is 25.2 Å². The molecule has 0 nitrogen and oxygen atoms in total. The summed E-state index contributed by atoms with van der Waals surface area (Å²) in [5.74, 6) is 0. The summed E-state index contributed by atoms with van der Waals surface area (Å²) in [7, 11) is 0. The van der Waals surface area contributed by atoms with Crippen molar-refractivity contribution in [3.05, 3.63) is 0 Å². The maximum absolute atomic E-state index is 11.6. The van der Waals surface area contributed by atoms with Crippen LogP contribution in [0.5, 0.6) is 0 Å². The molecule has 0 bridgehead atoms. The van der Waals surface area contributed by atoms with Gasteiger partial charge in [0, 0.05) is 6.42 Å². The van der Waals surface area contributed by atoms with Crippen LogP contribution in [0.25, 0.3) is 0 Å². The fourth-order valence-corrected chi connectivity index (χ4v) is 0.290. The molecule has 1 atom stereocenters. The molecule has 62 valence electrons. The Kier molecular flexibility index (Phi) is 2.98. The van der Waals surface area contributed by atoms with Gasteiger partial charge in [0.15, 0.2) is 0 Å². The first kappa shape index (κ1) is 9.58. The molecule has 0 aromatic heterocycles. The summed E-state index contributed by atoms with van der Waals surface area (Å²) in [5.41, 5.74) is 0. The Hall–Kier alpha value is -0.420. The van der Waals surface area contributed by atoms with Gasteiger partial charge in [0.25, 0.3) is 0 Å². The molecule has 0 N–H and O–H groups in total. The van der Waals surface area contributed by atoms with Crippen molar-refractivity contribution in [1.82, 2.24) is 0 Å². The summed E-state index contributed by atoms with van der Waals surface area (Å²) < 4.78 is 67.0. The van der Waals surface area contributed by atoms with Gasteiger partial charge in [-0.3, -0.25) is 0 Å². The third kappa shape index (κ3) is 3.58. The highest BCUT2D eigenvalue weighted by Crippen LogP contribution is 2.26. The first-order valence-electron chi connectivity index (χ1n) is 2.33.